The van der Waals surface area contributed by atoms with E-state index < -0.39 is 0 Å². The number of fused-ring (bicyclic) bond motifs is 4. The Hall–Kier alpha value is -0.650. The lowest BCUT2D eigenvalue weighted by molar-refractivity contribution is -0.186. The second-order valence-corrected chi connectivity index (χ2v) is 4.29. The first-order valence-electron chi connectivity index (χ1n) is 5.25. The smallest absolute Gasteiger partial charge is 0.331 e. The quantitative estimate of drug-likeness (QED) is 0.616. The Balaban J connectivity index is 1.59. The van der Waals surface area contributed by atoms with Crippen LogP contribution in [0.15, 0.2) is 0 Å². The number of hydrogen-bond donors (Lipinski definition) is 0. The molecule has 3 fully saturated rings. The lowest BCUT2D eigenvalue weighted by Crippen LogP contribution is -2.38. The Labute approximate surface area is 87.6 Å². The van der Waals surface area contributed by atoms with Crippen molar-refractivity contribution in [3.63, 3.8) is 0 Å². The molecule has 3 aliphatic rings. The van der Waals surface area contributed by atoms with E-state index >= 15 is 0 Å². The zero-order valence-corrected chi connectivity index (χ0v) is 8.55. The molecule has 0 amide bonds. The molecule has 2 aliphatic heterocycles. The number of esters is 1. The predicted molar refractivity (Wildman–Crippen MR) is 48.0 cm³/mol. The molecule has 2 bridgehead atoms. The van der Waals surface area contributed by atoms with Crippen LogP contribution in [0, 0.1) is 11.8 Å². The Kier molecular flexibility index (Phi) is 2.19. The van der Waals surface area contributed by atoms with E-state index in [4.69, 9.17) is 14.2 Å². The molecule has 0 aromatic heterocycles. The zero-order chi connectivity index (χ0) is 10.4. The van der Waals surface area contributed by atoms with Crippen LogP contribution < -0.4 is 0 Å². The minimum Gasteiger partial charge on any atom is -0.467 e. The highest BCUT2D eigenvalue weighted by atomic mass is 16.7. The molecule has 15 heavy (non-hydrogen) atoms. The SMILES string of the molecule is COC(=O)CO[C@@H]1[C@@H]2OC[C@H](O2)[C@H]2C[C@H]21. The maximum atomic E-state index is 11.0. The molecule has 0 radical (unpaired) electrons. The van der Waals surface area contributed by atoms with Crippen molar-refractivity contribution in [2.75, 3.05) is 20.3 Å². The third-order valence-corrected chi connectivity index (χ3v) is 3.41. The van der Waals surface area contributed by atoms with Crippen molar-refractivity contribution < 1.29 is 23.7 Å². The van der Waals surface area contributed by atoms with Gasteiger partial charge in [-0.1, -0.05) is 0 Å². The van der Waals surface area contributed by atoms with Crippen LogP contribution in [0.1, 0.15) is 6.42 Å². The van der Waals surface area contributed by atoms with Gasteiger partial charge in [0.1, 0.15) is 12.7 Å². The molecule has 5 atom stereocenters. The molecule has 1 saturated carbocycles. The second-order valence-electron chi connectivity index (χ2n) is 4.29. The first-order chi connectivity index (χ1) is 7.29. The van der Waals surface area contributed by atoms with Gasteiger partial charge in [0.25, 0.3) is 0 Å². The van der Waals surface area contributed by atoms with Crippen molar-refractivity contribution in [2.45, 2.75) is 24.9 Å². The highest BCUT2D eigenvalue weighted by Crippen LogP contribution is 2.53. The fourth-order valence-electron chi connectivity index (χ4n) is 2.51. The first kappa shape index (κ1) is 9.57. The van der Waals surface area contributed by atoms with E-state index in [1.54, 1.807) is 0 Å². The fraction of sp³-hybridized carbons (Fsp3) is 0.900. The van der Waals surface area contributed by atoms with Crippen LogP contribution in [0.25, 0.3) is 0 Å². The van der Waals surface area contributed by atoms with E-state index in [1.165, 1.54) is 7.11 Å². The van der Waals surface area contributed by atoms with Gasteiger partial charge < -0.3 is 18.9 Å². The molecule has 1 aliphatic carbocycles. The summed E-state index contributed by atoms with van der Waals surface area (Å²) in [6, 6.07) is 0. The average Bonchev–Trinajstić information content (AvgIpc) is 2.93. The second kappa shape index (κ2) is 3.43. The Bertz CT molecular complexity index is 279. The summed E-state index contributed by atoms with van der Waals surface area (Å²) < 4.78 is 21.1. The van der Waals surface area contributed by atoms with Crippen molar-refractivity contribution in [3.05, 3.63) is 0 Å². The predicted octanol–water partition coefficient (Wildman–Crippen LogP) is -0.0642. The maximum Gasteiger partial charge on any atom is 0.331 e. The van der Waals surface area contributed by atoms with Crippen molar-refractivity contribution in [2.24, 2.45) is 11.8 Å². The molecule has 3 rings (SSSR count). The number of carbonyl (C=O) groups excluding carboxylic acids is 1. The van der Waals surface area contributed by atoms with Crippen LogP contribution in [-0.2, 0) is 23.7 Å². The van der Waals surface area contributed by atoms with Crippen molar-refractivity contribution in [1.82, 2.24) is 0 Å². The van der Waals surface area contributed by atoms with Crippen molar-refractivity contribution in [1.29, 1.82) is 0 Å². The summed E-state index contributed by atoms with van der Waals surface area (Å²) in [5.74, 6) is 0.736. The van der Waals surface area contributed by atoms with Gasteiger partial charge in [0.15, 0.2) is 6.29 Å². The van der Waals surface area contributed by atoms with Crippen LogP contribution in [0.3, 0.4) is 0 Å². The molecule has 2 saturated heterocycles. The van der Waals surface area contributed by atoms with Gasteiger partial charge in [0.2, 0.25) is 0 Å². The molecule has 0 spiro atoms. The Morgan fingerprint density at radius 3 is 3.13 bits per heavy atom. The van der Waals surface area contributed by atoms with Gasteiger partial charge in [-0.05, 0) is 18.3 Å². The zero-order valence-electron chi connectivity index (χ0n) is 8.55. The molecule has 5 heteroatoms. The van der Waals surface area contributed by atoms with Gasteiger partial charge in [-0.3, -0.25) is 0 Å². The summed E-state index contributed by atoms with van der Waals surface area (Å²) in [7, 11) is 1.35. The maximum absolute atomic E-state index is 11.0. The van der Waals surface area contributed by atoms with E-state index in [0.29, 0.717) is 18.4 Å². The van der Waals surface area contributed by atoms with Gasteiger partial charge in [0, 0.05) is 0 Å². The van der Waals surface area contributed by atoms with Crippen LogP contribution in [0.4, 0.5) is 0 Å². The van der Waals surface area contributed by atoms with Crippen LogP contribution in [0.2, 0.25) is 0 Å². The summed E-state index contributed by atoms with van der Waals surface area (Å²) in [6.45, 7) is 0.655. The number of methoxy groups -OCH3 is 1. The average molecular weight is 214 g/mol. The molecule has 0 aromatic rings. The van der Waals surface area contributed by atoms with Crippen molar-refractivity contribution in [3.8, 4) is 0 Å². The van der Waals surface area contributed by atoms with Crippen LogP contribution in [0.5, 0.6) is 0 Å². The summed E-state index contributed by atoms with van der Waals surface area (Å²) in [5, 5.41) is 0. The number of ether oxygens (including phenoxy) is 4. The third kappa shape index (κ3) is 1.55. The van der Waals surface area contributed by atoms with Gasteiger partial charge in [0.05, 0.1) is 19.8 Å². The van der Waals surface area contributed by atoms with E-state index in [0.717, 1.165) is 6.42 Å². The van der Waals surface area contributed by atoms with Gasteiger partial charge in [-0.2, -0.15) is 0 Å². The molecule has 84 valence electrons. The molecular formula is C10H14O5. The lowest BCUT2D eigenvalue weighted by atomic mass is 10.1. The standard InChI is InChI=1S/C10H14O5/c1-12-8(11)4-13-9-6-2-5(6)7-3-14-10(9)15-7/h5-7,9-10H,2-4H2,1H3/t5-,6+,7-,9-,10+/m0/s1. The fourth-order valence-corrected chi connectivity index (χ4v) is 2.51. The Morgan fingerprint density at radius 2 is 2.33 bits per heavy atom. The van der Waals surface area contributed by atoms with E-state index in [2.05, 4.69) is 4.74 Å². The number of hydrogen-bond acceptors (Lipinski definition) is 5. The van der Waals surface area contributed by atoms with E-state index in [-0.39, 0.29) is 31.1 Å². The van der Waals surface area contributed by atoms with E-state index in [9.17, 15) is 4.79 Å². The molecule has 0 N–H and O–H groups in total. The third-order valence-electron chi connectivity index (χ3n) is 3.41. The summed E-state index contributed by atoms with van der Waals surface area (Å²) in [4.78, 5) is 11.0. The molecule has 2 heterocycles. The minimum atomic E-state index is -0.354. The first-order valence-corrected chi connectivity index (χ1v) is 5.25. The summed E-state index contributed by atoms with van der Waals surface area (Å²) in [6.07, 6.45) is 1.03. The monoisotopic (exact) mass is 214 g/mol. The van der Waals surface area contributed by atoms with Crippen LogP contribution >= 0.6 is 0 Å². The van der Waals surface area contributed by atoms with Crippen LogP contribution in [-0.4, -0.2) is 44.8 Å². The molecule has 5 nitrogen and oxygen atoms in total. The molecule has 0 aromatic carbocycles. The molecular weight excluding hydrogens is 200 g/mol. The normalized spacial score (nSPS) is 46.1. The minimum absolute atomic E-state index is 0.0156. The number of rotatable bonds is 3. The van der Waals surface area contributed by atoms with E-state index in [1.807, 2.05) is 0 Å². The largest absolute Gasteiger partial charge is 0.467 e. The summed E-state index contributed by atoms with van der Waals surface area (Å²) in [5.41, 5.74) is 0. The topological polar surface area (TPSA) is 54.0 Å². The van der Waals surface area contributed by atoms with Gasteiger partial charge >= 0.3 is 5.97 Å². The summed E-state index contributed by atoms with van der Waals surface area (Å²) >= 11 is 0. The molecule has 0 unspecified atom stereocenters. The lowest BCUT2D eigenvalue weighted by Gasteiger charge is -2.26. The Morgan fingerprint density at radius 1 is 1.47 bits per heavy atom. The highest BCUT2D eigenvalue weighted by Gasteiger charge is 2.59. The van der Waals surface area contributed by atoms with Crippen molar-refractivity contribution >= 4 is 5.97 Å². The number of carbonyl (C=O) groups is 1. The van der Waals surface area contributed by atoms with Gasteiger partial charge in [-0.25, -0.2) is 4.79 Å². The highest BCUT2D eigenvalue weighted by molar-refractivity contribution is 5.70. The van der Waals surface area contributed by atoms with Gasteiger partial charge in [-0.15, -0.1) is 0 Å².